The summed E-state index contributed by atoms with van der Waals surface area (Å²) in [5.41, 5.74) is 9.41. The van der Waals surface area contributed by atoms with Gasteiger partial charge in [0.1, 0.15) is 0 Å². The lowest BCUT2D eigenvalue weighted by molar-refractivity contribution is 0.319. The Hall–Kier alpha value is -2.02. The molecule has 0 atom stereocenters. The lowest BCUT2D eigenvalue weighted by atomic mass is 10.1. The Labute approximate surface area is 124 Å². The Kier molecular flexibility index (Phi) is 4.62. The van der Waals surface area contributed by atoms with Crippen LogP contribution in [0.2, 0.25) is 5.02 Å². The molecule has 3 nitrogen and oxygen atoms in total. The minimum atomic E-state index is 0.578. The second kappa shape index (κ2) is 6.42. The first kappa shape index (κ1) is 14.4. The lowest BCUT2D eigenvalue weighted by Crippen LogP contribution is -2.18. The van der Waals surface area contributed by atoms with E-state index in [2.05, 4.69) is 11.0 Å². The van der Waals surface area contributed by atoms with Crippen LogP contribution < -0.4 is 5.73 Å². The largest absolute Gasteiger partial charge is 0.398 e. The van der Waals surface area contributed by atoms with Gasteiger partial charge in [0.2, 0.25) is 0 Å². The van der Waals surface area contributed by atoms with Crippen molar-refractivity contribution in [2.75, 3.05) is 12.8 Å². The highest BCUT2D eigenvalue weighted by Crippen LogP contribution is 2.20. The van der Waals surface area contributed by atoms with E-state index in [0.29, 0.717) is 17.1 Å². The molecule has 2 aromatic carbocycles. The molecular weight excluding hydrogens is 270 g/mol. The molecule has 0 radical (unpaired) electrons. The van der Waals surface area contributed by atoms with Crippen LogP contribution in [0.1, 0.15) is 16.7 Å². The predicted octanol–water partition coefficient (Wildman–Crippen LogP) is 3.43. The van der Waals surface area contributed by atoms with Gasteiger partial charge in [-0.1, -0.05) is 35.9 Å². The third-order valence-electron chi connectivity index (χ3n) is 3.12. The maximum absolute atomic E-state index is 8.83. The molecular formula is C16H16ClN3. The number of nitrogens with zero attached hydrogens (tertiary/aromatic N) is 2. The van der Waals surface area contributed by atoms with Gasteiger partial charge in [-0.3, -0.25) is 4.90 Å². The van der Waals surface area contributed by atoms with Crippen molar-refractivity contribution in [1.29, 1.82) is 5.26 Å². The van der Waals surface area contributed by atoms with E-state index >= 15 is 0 Å². The van der Waals surface area contributed by atoms with Crippen LogP contribution in [0, 0.1) is 11.3 Å². The molecule has 0 spiro atoms. The Morgan fingerprint density at radius 1 is 1.15 bits per heavy atom. The van der Waals surface area contributed by atoms with E-state index in [4.69, 9.17) is 22.6 Å². The number of benzene rings is 2. The van der Waals surface area contributed by atoms with E-state index in [1.807, 2.05) is 37.4 Å². The number of anilines is 1. The molecule has 0 aliphatic carbocycles. The minimum absolute atomic E-state index is 0.578. The van der Waals surface area contributed by atoms with Gasteiger partial charge in [0.05, 0.1) is 11.6 Å². The van der Waals surface area contributed by atoms with Crippen LogP contribution in [0.5, 0.6) is 0 Å². The van der Waals surface area contributed by atoms with Crippen LogP contribution in [-0.4, -0.2) is 11.9 Å². The maximum atomic E-state index is 8.83. The Morgan fingerprint density at radius 3 is 2.50 bits per heavy atom. The van der Waals surface area contributed by atoms with Gasteiger partial charge in [-0.25, -0.2) is 0 Å². The van der Waals surface area contributed by atoms with Crippen molar-refractivity contribution in [3.05, 3.63) is 64.2 Å². The number of nitrogens with two attached hydrogens (primary N) is 1. The average Bonchev–Trinajstić information content (AvgIpc) is 2.43. The smallest absolute Gasteiger partial charge is 0.0992 e. The van der Waals surface area contributed by atoms with Gasteiger partial charge < -0.3 is 5.73 Å². The molecule has 2 rings (SSSR count). The molecule has 0 fully saturated rings. The minimum Gasteiger partial charge on any atom is -0.398 e. The number of halogens is 1. The summed E-state index contributed by atoms with van der Waals surface area (Å²) < 4.78 is 0. The molecule has 0 heterocycles. The number of nitrogen functional groups attached to an aromatic ring is 1. The Balaban J connectivity index is 2.07. The SMILES string of the molecule is CN(Cc1ccccc1N)Cc1ccc(C#N)cc1Cl. The topological polar surface area (TPSA) is 53.0 Å². The lowest BCUT2D eigenvalue weighted by Gasteiger charge is -2.18. The molecule has 0 saturated carbocycles. The van der Waals surface area contributed by atoms with Gasteiger partial charge in [0, 0.05) is 23.8 Å². The first-order valence-corrected chi connectivity index (χ1v) is 6.68. The van der Waals surface area contributed by atoms with Crippen molar-refractivity contribution < 1.29 is 0 Å². The molecule has 20 heavy (non-hydrogen) atoms. The van der Waals surface area contributed by atoms with Crippen LogP contribution >= 0.6 is 11.6 Å². The molecule has 0 unspecified atom stereocenters. The fourth-order valence-electron chi connectivity index (χ4n) is 2.06. The Morgan fingerprint density at radius 2 is 1.85 bits per heavy atom. The molecule has 0 saturated heterocycles. The van der Waals surface area contributed by atoms with Crippen molar-refractivity contribution in [2.24, 2.45) is 0 Å². The molecule has 4 heteroatoms. The molecule has 0 aromatic heterocycles. The summed E-state index contributed by atoms with van der Waals surface area (Å²) in [5, 5.41) is 9.45. The van der Waals surface area contributed by atoms with E-state index in [0.717, 1.165) is 23.4 Å². The highest BCUT2D eigenvalue weighted by Gasteiger charge is 2.07. The summed E-state index contributed by atoms with van der Waals surface area (Å²) in [6, 6.07) is 15.3. The molecule has 0 aliphatic rings. The summed E-state index contributed by atoms with van der Waals surface area (Å²) in [6.07, 6.45) is 0. The molecule has 0 bridgehead atoms. The van der Waals surface area contributed by atoms with Crippen molar-refractivity contribution in [3.8, 4) is 6.07 Å². The second-order valence-electron chi connectivity index (χ2n) is 4.79. The van der Waals surface area contributed by atoms with Gasteiger partial charge in [-0.15, -0.1) is 0 Å². The molecule has 2 N–H and O–H groups in total. The number of para-hydroxylation sites is 1. The van der Waals surface area contributed by atoms with Crippen LogP contribution in [0.4, 0.5) is 5.69 Å². The summed E-state index contributed by atoms with van der Waals surface area (Å²) in [7, 11) is 2.01. The maximum Gasteiger partial charge on any atom is 0.0992 e. The molecule has 2 aromatic rings. The van der Waals surface area contributed by atoms with Crippen molar-refractivity contribution in [3.63, 3.8) is 0 Å². The van der Waals surface area contributed by atoms with Crippen LogP contribution in [-0.2, 0) is 13.1 Å². The highest BCUT2D eigenvalue weighted by atomic mass is 35.5. The fourth-order valence-corrected chi connectivity index (χ4v) is 2.30. The number of nitriles is 1. The predicted molar refractivity (Wildman–Crippen MR) is 82.2 cm³/mol. The fraction of sp³-hybridized carbons (Fsp3) is 0.188. The zero-order valence-electron chi connectivity index (χ0n) is 11.3. The Bertz CT molecular complexity index is 646. The van der Waals surface area contributed by atoms with Gasteiger partial charge >= 0.3 is 0 Å². The van der Waals surface area contributed by atoms with E-state index in [1.165, 1.54) is 0 Å². The van der Waals surface area contributed by atoms with Crippen molar-refractivity contribution in [2.45, 2.75) is 13.1 Å². The van der Waals surface area contributed by atoms with Gasteiger partial charge in [0.25, 0.3) is 0 Å². The zero-order chi connectivity index (χ0) is 14.5. The van der Waals surface area contributed by atoms with Crippen LogP contribution in [0.3, 0.4) is 0 Å². The number of hydrogen-bond donors (Lipinski definition) is 1. The van der Waals surface area contributed by atoms with Crippen molar-refractivity contribution >= 4 is 17.3 Å². The summed E-state index contributed by atoms with van der Waals surface area (Å²) in [5.74, 6) is 0. The first-order valence-electron chi connectivity index (χ1n) is 6.30. The highest BCUT2D eigenvalue weighted by molar-refractivity contribution is 6.31. The zero-order valence-corrected chi connectivity index (χ0v) is 12.1. The average molecular weight is 286 g/mol. The van der Waals surface area contributed by atoms with Gasteiger partial charge in [-0.05, 0) is 36.4 Å². The van der Waals surface area contributed by atoms with Crippen LogP contribution in [0.15, 0.2) is 42.5 Å². The normalized spacial score (nSPS) is 10.5. The van der Waals surface area contributed by atoms with E-state index in [9.17, 15) is 0 Å². The summed E-state index contributed by atoms with van der Waals surface area (Å²) in [6.45, 7) is 1.46. The standard InChI is InChI=1S/C16H16ClN3/c1-20(11-14-4-2-3-5-16(14)19)10-13-7-6-12(9-18)8-15(13)17/h2-8H,10-11,19H2,1H3. The summed E-state index contributed by atoms with van der Waals surface area (Å²) in [4.78, 5) is 2.14. The van der Waals surface area contributed by atoms with E-state index in [1.54, 1.807) is 12.1 Å². The molecule has 102 valence electrons. The second-order valence-corrected chi connectivity index (χ2v) is 5.20. The summed E-state index contributed by atoms with van der Waals surface area (Å²) >= 11 is 6.18. The number of rotatable bonds is 4. The van der Waals surface area contributed by atoms with E-state index < -0.39 is 0 Å². The van der Waals surface area contributed by atoms with Gasteiger partial charge in [-0.2, -0.15) is 5.26 Å². The van der Waals surface area contributed by atoms with Crippen molar-refractivity contribution in [1.82, 2.24) is 4.90 Å². The first-order chi connectivity index (χ1) is 9.60. The third kappa shape index (κ3) is 3.51. The monoisotopic (exact) mass is 285 g/mol. The third-order valence-corrected chi connectivity index (χ3v) is 3.47. The number of hydrogen-bond acceptors (Lipinski definition) is 3. The van der Waals surface area contributed by atoms with Gasteiger partial charge in [0.15, 0.2) is 0 Å². The quantitative estimate of drug-likeness (QED) is 0.876. The molecule has 0 amide bonds. The van der Waals surface area contributed by atoms with Crippen LogP contribution in [0.25, 0.3) is 0 Å². The van der Waals surface area contributed by atoms with E-state index in [-0.39, 0.29) is 0 Å². The molecule has 0 aliphatic heterocycles.